The van der Waals surface area contributed by atoms with Crippen molar-refractivity contribution in [2.45, 2.75) is 32.9 Å². The number of furan rings is 1. The van der Waals surface area contributed by atoms with Gasteiger partial charge in [0, 0.05) is 10.9 Å². The molecule has 1 aromatic carbocycles. The number of hydrogen-bond acceptors (Lipinski definition) is 5. The first-order valence-corrected chi connectivity index (χ1v) is 7.95. The van der Waals surface area contributed by atoms with Crippen molar-refractivity contribution in [2.24, 2.45) is 0 Å². The summed E-state index contributed by atoms with van der Waals surface area (Å²) in [5.74, 6) is 0.639. The third-order valence-electron chi connectivity index (χ3n) is 4.69. The van der Waals surface area contributed by atoms with Gasteiger partial charge in [-0.2, -0.15) is 0 Å². The second-order valence-electron chi connectivity index (χ2n) is 6.40. The van der Waals surface area contributed by atoms with Gasteiger partial charge in [-0.1, -0.05) is 23.4 Å². The second-order valence-corrected chi connectivity index (χ2v) is 6.40. The van der Waals surface area contributed by atoms with Crippen molar-refractivity contribution >= 4 is 22.9 Å². The van der Waals surface area contributed by atoms with E-state index in [9.17, 15) is 9.59 Å². The van der Waals surface area contributed by atoms with Gasteiger partial charge in [0.15, 0.2) is 5.54 Å². The molecule has 3 heterocycles. The standard InChI is InChI=1S/C18H17N3O4/c1-10-13(11(2)25-20-10)9-21-16(22)18(3,19-17(21)23)15-8-12-6-4-5-7-14(12)24-15/h4-8H,9H2,1-3H3,(H,19,23). The van der Waals surface area contributed by atoms with E-state index in [1.54, 1.807) is 26.8 Å². The molecular formula is C18H17N3O4. The minimum atomic E-state index is -1.24. The predicted molar refractivity (Wildman–Crippen MR) is 88.6 cm³/mol. The quantitative estimate of drug-likeness (QED) is 0.741. The summed E-state index contributed by atoms with van der Waals surface area (Å²) in [4.78, 5) is 26.6. The minimum Gasteiger partial charge on any atom is -0.458 e. The van der Waals surface area contributed by atoms with Gasteiger partial charge in [0.1, 0.15) is 17.1 Å². The lowest BCUT2D eigenvalue weighted by molar-refractivity contribution is -0.132. The number of aryl methyl sites for hydroxylation is 2. The van der Waals surface area contributed by atoms with E-state index in [1.807, 2.05) is 24.3 Å². The van der Waals surface area contributed by atoms with Crippen LogP contribution in [0.2, 0.25) is 0 Å². The van der Waals surface area contributed by atoms with Crippen LogP contribution < -0.4 is 5.32 Å². The lowest BCUT2D eigenvalue weighted by Gasteiger charge is -2.19. The van der Waals surface area contributed by atoms with Crippen LogP contribution >= 0.6 is 0 Å². The van der Waals surface area contributed by atoms with E-state index in [-0.39, 0.29) is 12.5 Å². The van der Waals surface area contributed by atoms with Crippen LogP contribution in [0.3, 0.4) is 0 Å². The summed E-state index contributed by atoms with van der Waals surface area (Å²) < 4.78 is 10.9. The third-order valence-corrected chi connectivity index (χ3v) is 4.69. The second kappa shape index (κ2) is 5.20. The first kappa shape index (κ1) is 15.4. The molecule has 3 aromatic rings. The van der Waals surface area contributed by atoms with Crippen LogP contribution in [0.25, 0.3) is 11.0 Å². The number of fused-ring (bicyclic) bond motifs is 1. The molecule has 25 heavy (non-hydrogen) atoms. The highest BCUT2D eigenvalue weighted by atomic mass is 16.5. The molecule has 0 aliphatic carbocycles. The molecule has 0 spiro atoms. The predicted octanol–water partition coefficient (Wildman–Crippen LogP) is 3.00. The van der Waals surface area contributed by atoms with Gasteiger partial charge in [-0.3, -0.25) is 9.69 Å². The molecule has 1 N–H and O–H groups in total. The molecule has 1 fully saturated rings. The number of nitrogens with one attached hydrogen (secondary N) is 1. The first-order valence-electron chi connectivity index (χ1n) is 7.95. The highest BCUT2D eigenvalue weighted by Crippen LogP contribution is 2.34. The molecule has 4 rings (SSSR count). The monoisotopic (exact) mass is 339 g/mol. The maximum Gasteiger partial charge on any atom is 0.325 e. The number of aromatic nitrogens is 1. The zero-order chi connectivity index (χ0) is 17.8. The normalized spacial score (nSPS) is 20.5. The molecule has 0 radical (unpaired) electrons. The van der Waals surface area contributed by atoms with Crippen molar-refractivity contribution in [3.8, 4) is 0 Å². The zero-order valence-corrected chi connectivity index (χ0v) is 14.1. The van der Waals surface area contributed by atoms with Gasteiger partial charge in [0.25, 0.3) is 5.91 Å². The Hall–Kier alpha value is -3.09. The Balaban J connectivity index is 1.70. The fourth-order valence-corrected chi connectivity index (χ4v) is 3.12. The maximum atomic E-state index is 13.0. The molecule has 0 saturated carbocycles. The van der Waals surface area contributed by atoms with Gasteiger partial charge in [-0.05, 0) is 32.9 Å². The summed E-state index contributed by atoms with van der Waals surface area (Å²) in [5, 5.41) is 7.50. The van der Waals surface area contributed by atoms with Crippen LogP contribution in [0, 0.1) is 13.8 Å². The number of imide groups is 1. The lowest BCUT2D eigenvalue weighted by atomic mass is 9.98. The molecule has 1 aliphatic rings. The molecule has 1 saturated heterocycles. The van der Waals surface area contributed by atoms with E-state index in [1.165, 1.54) is 4.90 Å². The van der Waals surface area contributed by atoms with Gasteiger partial charge in [-0.25, -0.2) is 4.79 Å². The summed E-state index contributed by atoms with van der Waals surface area (Å²) in [6, 6.07) is 8.79. The van der Waals surface area contributed by atoms with Crippen molar-refractivity contribution in [1.82, 2.24) is 15.4 Å². The topological polar surface area (TPSA) is 88.6 Å². The SMILES string of the molecule is Cc1noc(C)c1CN1C(=O)NC(C)(c2cc3ccccc3o2)C1=O. The molecule has 128 valence electrons. The van der Waals surface area contributed by atoms with Crippen LogP contribution in [0.1, 0.15) is 29.7 Å². The zero-order valence-electron chi connectivity index (χ0n) is 14.1. The Morgan fingerprint density at radius 1 is 1.24 bits per heavy atom. The molecule has 7 nitrogen and oxygen atoms in total. The van der Waals surface area contributed by atoms with Gasteiger partial charge in [-0.15, -0.1) is 0 Å². The average Bonchev–Trinajstić information content (AvgIpc) is 3.21. The summed E-state index contributed by atoms with van der Waals surface area (Å²) in [6.45, 7) is 5.30. The number of benzene rings is 1. The van der Waals surface area contributed by atoms with Crippen LogP contribution in [-0.4, -0.2) is 22.0 Å². The van der Waals surface area contributed by atoms with E-state index < -0.39 is 11.6 Å². The highest BCUT2D eigenvalue weighted by Gasteiger charge is 2.51. The maximum absolute atomic E-state index is 13.0. The smallest absolute Gasteiger partial charge is 0.325 e. The van der Waals surface area contributed by atoms with E-state index in [0.29, 0.717) is 22.8 Å². The fourth-order valence-electron chi connectivity index (χ4n) is 3.12. The number of amides is 3. The molecule has 1 unspecified atom stereocenters. The number of para-hydroxylation sites is 1. The summed E-state index contributed by atoms with van der Waals surface area (Å²) in [7, 11) is 0. The van der Waals surface area contributed by atoms with E-state index in [4.69, 9.17) is 8.94 Å². The molecule has 1 atom stereocenters. The average molecular weight is 339 g/mol. The number of carbonyl (C=O) groups excluding carboxylic acids is 2. The Bertz CT molecular complexity index is 950. The third kappa shape index (κ3) is 2.23. The van der Waals surface area contributed by atoms with Crippen LogP contribution in [-0.2, 0) is 16.9 Å². The van der Waals surface area contributed by atoms with Crippen LogP contribution in [0.15, 0.2) is 39.3 Å². The molecule has 3 amide bonds. The number of carbonyl (C=O) groups is 2. The number of hydrogen-bond donors (Lipinski definition) is 1. The van der Waals surface area contributed by atoms with Crippen molar-refractivity contribution in [3.05, 3.63) is 53.1 Å². The Labute approximate surface area is 143 Å². The number of nitrogens with zero attached hydrogens (tertiary/aromatic N) is 2. The fraction of sp³-hybridized carbons (Fsp3) is 0.278. The lowest BCUT2D eigenvalue weighted by Crippen LogP contribution is -2.40. The van der Waals surface area contributed by atoms with Crippen molar-refractivity contribution in [1.29, 1.82) is 0 Å². The Kier molecular flexibility index (Phi) is 3.21. The Morgan fingerprint density at radius 3 is 2.68 bits per heavy atom. The Morgan fingerprint density at radius 2 is 2.00 bits per heavy atom. The van der Waals surface area contributed by atoms with Gasteiger partial charge >= 0.3 is 6.03 Å². The van der Waals surface area contributed by atoms with Crippen molar-refractivity contribution < 1.29 is 18.5 Å². The molecule has 7 heteroatoms. The number of rotatable bonds is 3. The summed E-state index contributed by atoms with van der Waals surface area (Å²) in [5.41, 5.74) is 0.826. The summed E-state index contributed by atoms with van der Waals surface area (Å²) in [6.07, 6.45) is 0. The van der Waals surface area contributed by atoms with Gasteiger partial charge in [0.05, 0.1) is 12.2 Å². The summed E-state index contributed by atoms with van der Waals surface area (Å²) >= 11 is 0. The van der Waals surface area contributed by atoms with Crippen molar-refractivity contribution in [2.75, 3.05) is 0 Å². The molecule has 2 aromatic heterocycles. The van der Waals surface area contributed by atoms with E-state index in [2.05, 4.69) is 10.5 Å². The molecular weight excluding hydrogens is 322 g/mol. The minimum absolute atomic E-state index is 0.113. The van der Waals surface area contributed by atoms with Gasteiger partial charge in [0.2, 0.25) is 0 Å². The molecule has 1 aliphatic heterocycles. The van der Waals surface area contributed by atoms with Crippen molar-refractivity contribution in [3.63, 3.8) is 0 Å². The largest absolute Gasteiger partial charge is 0.458 e. The van der Waals surface area contributed by atoms with Gasteiger partial charge < -0.3 is 14.3 Å². The van der Waals surface area contributed by atoms with E-state index >= 15 is 0 Å². The number of urea groups is 1. The molecule has 0 bridgehead atoms. The van der Waals surface area contributed by atoms with E-state index in [0.717, 1.165) is 10.9 Å². The van der Waals surface area contributed by atoms with Crippen LogP contribution in [0.4, 0.5) is 4.79 Å². The first-order chi connectivity index (χ1) is 11.9. The van der Waals surface area contributed by atoms with Crippen LogP contribution in [0.5, 0.6) is 0 Å². The highest BCUT2D eigenvalue weighted by molar-refractivity contribution is 6.07.